The number of ether oxygens (including phenoxy) is 3. The van der Waals surface area contributed by atoms with Gasteiger partial charge >= 0.3 is 12.1 Å². The third kappa shape index (κ3) is 7.00. The molecular formula is C18H25NO5. The first-order valence-electron chi connectivity index (χ1n) is 8.15. The maximum absolute atomic E-state index is 12.2. The Hall–Kier alpha value is -2.08. The fourth-order valence-corrected chi connectivity index (χ4v) is 1.92. The molecule has 2 rings (SSSR count). The van der Waals surface area contributed by atoms with Gasteiger partial charge in [0.05, 0.1) is 13.2 Å². The summed E-state index contributed by atoms with van der Waals surface area (Å²) in [4.78, 5) is 24.1. The van der Waals surface area contributed by atoms with Crippen LogP contribution in [0.25, 0.3) is 0 Å². The molecule has 1 unspecified atom stereocenters. The molecule has 6 nitrogen and oxygen atoms in total. The molecule has 0 radical (unpaired) electrons. The number of esters is 1. The van der Waals surface area contributed by atoms with Gasteiger partial charge in [-0.2, -0.15) is 0 Å². The summed E-state index contributed by atoms with van der Waals surface area (Å²) in [5.41, 5.74) is 0.351. The number of hydrogen-bond acceptors (Lipinski definition) is 5. The summed E-state index contributed by atoms with van der Waals surface area (Å²) in [6.45, 7) is 5.66. The summed E-state index contributed by atoms with van der Waals surface area (Å²) in [5, 5.41) is 2.53. The van der Waals surface area contributed by atoms with Crippen LogP contribution >= 0.6 is 0 Å². The molecule has 1 aromatic rings. The second kappa shape index (κ2) is 8.15. The first-order valence-corrected chi connectivity index (χ1v) is 8.15. The third-order valence-electron chi connectivity index (χ3n) is 3.18. The number of nitrogens with one attached hydrogen (secondary N) is 1. The van der Waals surface area contributed by atoms with E-state index in [1.807, 2.05) is 30.3 Å². The Bertz CT molecular complexity index is 548. The largest absolute Gasteiger partial charge is 0.461 e. The topological polar surface area (TPSA) is 73.9 Å². The molecule has 0 aliphatic heterocycles. The van der Waals surface area contributed by atoms with Gasteiger partial charge in [0.25, 0.3) is 0 Å². The van der Waals surface area contributed by atoms with Gasteiger partial charge in [0.1, 0.15) is 11.7 Å². The lowest BCUT2D eigenvalue weighted by Crippen LogP contribution is -2.47. The Morgan fingerprint density at radius 1 is 1.21 bits per heavy atom. The minimum Gasteiger partial charge on any atom is -0.461 e. The van der Waals surface area contributed by atoms with Crippen molar-refractivity contribution in [1.82, 2.24) is 5.32 Å². The first-order chi connectivity index (χ1) is 11.3. The van der Waals surface area contributed by atoms with E-state index in [1.54, 1.807) is 20.8 Å². The van der Waals surface area contributed by atoms with Crippen molar-refractivity contribution in [3.05, 3.63) is 35.9 Å². The minimum absolute atomic E-state index is 0.0275. The predicted octanol–water partition coefficient (Wildman–Crippen LogP) is 2.80. The van der Waals surface area contributed by atoms with Crippen molar-refractivity contribution < 1.29 is 23.8 Å². The zero-order chi connectivity index (χ0) is 17.6. The van der Waals surface area contributed by atoms with Gasteiger partial charge in [-0.1, -0.05) is 30.3 Å². The Kier molecular flexibility index (Phi) is 6.20. The second-order valence-corrected chi connectivity index (χ2v) is 6.84. The van der Waals surface area contributed by atoms with Gasteiger partial charge in [0.2, 0.25) is 0 Å². The van der Waals surface area contributed by atoms with Gasteiger partial charge < -0.3 is 19.5 Å². The molecule has 1 amide bonds. The monoisotopic (exact) mass is 335 g/mol. The van der Waals surface area contributed by atoms with Crippen LogP contribution in [0, 0.1) is 0 Å². The highest BCUT2D eigenvalue weighted by molar-refractivity contribution is 5.81. The summed E-state index contributed by atoms with van der Waals surface area (Å²) >= 11 is 0. The van der Waals surface area contributed by atoms with Gasteiger partial charge in [-0.05, 0) is 39.2 Å². The smallest absolute Gasteiger partial charge is 0.408 e. The SMILES string of the molecule is CC(C)(C)OC(=O)NC(COCc1ccccc1)C(=O)OC1CC1. The maximum Gasteiger partial charge on any atom is 0.408 e. The van der Waals surface area contributed by atoms with Crippen molar-refractivity contribution in [2.75, 3.05) is 6.61 Å². The molecule has 1 N–H and O–H groups in total. The molecule has 1 aromatic carbocycles. The number of carbonyl (C=O) groups is 2. The van der Waals surface area contributed by atoms with E-state index in [0.29, 0.717) is 6.61 Å². The van der Waals surface area contributed by atoms with Crippen LogP contribution in [0.1, 0.15) is 39.2 Å². The number of hydrogen-bond donors (Lipinski definition) is 1. The van der Waals surface area contributed by atoms with Crippen molar-refractivity contribution in [1.29, 1.82) is 0 Å². The van der Waals surface area contributed by atoms with Crippen LogP contribution in [0.4, 0.5) is 4.79 Å². The number of carbonyl (C=O) groups excluding carboxylic acids is 2. The highest BCUT2D eigenvalue weighted by atomic mass is 16.6. The van der Waals surface area contributed by atoms with E-state index in [4.69, 9.17) is 14.2 Å². The number of amides is 1. The second-order valence-electron chi connectivity index (χ2n) is 6.84. The van der Waals surface area contributed by atoms with Gasteiger partial charge in [-0.3, -0.25) is 0 Å². The molecule has 0 spiro atoms. The lowest BCUT2D eigenvalue weighted by molar-refractivity contribution is -0.149. The molecule has 0 aromatic heterocycles. The number of alkyl carbamates (subject to hydrolysis) is 1. The zero-order valence-corrected chi connectivity index (χ0v) is 14.4. The summed E-state index contributed by atoms with van der Waals surface area (Å²) in [7, 11) is 0. The van der Waals surface area contributed by atoms with E-state index in [1.165, 1.54) is 0 Å². The van der Waals surface area contributed by atoms with E-state index in [2.05, 4.69) is 5.32 Å². The molecule has 6 heteroatoms. The molecule has 1 atom stereocenters. The van der Waals surface area contributed by atoms with E-state index < -0.39 is 23.7 Å². The summed E-state index contributed by atoms with van der Waals surface area (Å²) in [5.74, 6) is -0.489. The predicted molar refractivity (Wildman–Crippen MR) is 88.4 cm³/mol. The number of rotatable bonds is 7. The minimum atomic E-state index is -0.885. The van der Waals surface area contributed by atoms with Crippen molar-refractivity contribution in [2.45, 2.75) is 58.0 Å². The molecule has 24 heavy (non-hydrogen) atoms. The summed E-state index contributed by atoms with van der Waals surface area (Å²) in [6.07, 6.45) is 1.05. The molecule has 0 saturated heterocycles. The van der Waals surface area contributed by atoms with Crippen molar-refractivity contribution in [2.24, 2.45) is 0 Å². The number of benzene rings is 1. The fourth-order valence-electron chi connectivity index (χ4n) is 1.92. The molecule has 1 saturated carbocycles. The van der Waals surface area contributed by atoms with Crippen molar-refractivity contribution in [3.8, 4) is 0 Å². The summed E-state index contributed by atoms with van der Waals surface area (Å²) in [6, 6.07) is 8.72. The normalized spacial score (nSPS) is 15.5. The van der Waals surface area contributed by atoms with E-state index >= 15 is 0 Å². The average Bonchev–Trinajstić information content (AvgIpc) is 3.29. The molecular weight excluding hydrogens is 310 g/mol. The van der Waals surface area contributed by atoms with Crippen LogP contribution in [0.3, 0.4) is 0 Å². The lowest BCUT2D eigenvalue weighted by atomic mass is 10.2. The third-order valence-corrected chi connectivity index (χ3v) is 3.18. The molecule has 0 bridgehead atoms. The molecule has 1 aliphatic rings. The average molecular weight is 335 g/mol. The Balaban J connectivity index is 1.86. The van der Waals surface area contributed by atoms with Crippen LogP contribution in [-0.4, -0.2) is 36.4 Å². The molecule has 1 fully saturated rings. The summed E-state index contributed by atoms with van der Waals surface area (Å²) < 4.78 is 16.0. The van der Waals surface area contributed by atoms with Crippen molar-refractivity contribution >= 4 is 12.1 Å². The van der Waals surface area contributed by atoms with Gasteiger partial charge in [0, 0.05) is 0 Å². The molecule has 1 aliphatic carbocycles. The van der Waals surface area contributed by atoms with Crippen LogP contribution in [0.2, 0.25) is 0 Å². The van der Waals surface area contributed by atoms with Crippen LogP contribution in [0.15, 0.2) is 30.3 Å². The van der Waals surface area contributed by atoms with E-state index in [0.717, 1.165) is 18.4 Å². The van der Waals surface area contributed by atoms with Crippen LogP contribution < -0.4 is 5.32 Å². The first kappa shape index (κ1) is 18.3. The van der Waals surface area contributed by atoms with Gasteiger partial charge in [0.15, 0.2) is 6.04 Å². The Morgan fingerprint density at radius 2 is 1.88 bits per heavy atom. The Labute approximate surface area is 142 Å². The van der Waals surface area contributed by atoms with E-state index in [-0.39, 0.29) is 12.7 Å². The standard InChI is InChI=1S/C18H25NO5/c1-18(2,3)24-17(21)19-15(16(20)23-14-9-10-14)12-22-11-13-7-5-4-6-8-13/h4-8,14-15H,9-12H2,1-3H3,(H,19,21). The van der Waals surface area contributed by atoms with Crippen molar-refractivity contribution in [3.63, 3.8) is 0 Å². The van der Waals surface area contributed by atoms with E-state index in [9.17, 15) is 9.59 Å². The highest BCUT2D eigenvalue weighted by Crippen LogP contribution is 2.24. The fraction of sp³-hybridized carbons (Fsp3) is 0.556. The maximum atomic E-state index is 12.2. The van der Waals surface area contributed by atoms with Gasteiger partial charge in [-0.15, -0.1) is 0 Å². The molecule has 132 valence electrons. The lowest BCUT2D eigenvalue weighted by Gasteiger charge is -2.23. The zero-order valence-electron chi connectivity index (χ0n) is 14.4. The molecule has 0 heterocycles. The quantitative estimate of drug-likeness (QED) is 0.776. The highest BCUT2D eigenvalue weighted by Gasteiger charge is 2.32. The van der Waals surface area contributed by atoms with Crippen LogP contribution in [0.5, 0.6) is 0 Å². The Morgan fingerprint density at radius 3 is 2.46 bits per heavy atom. The van der Waals surface area contributed by atoms with Crippen LogP contribution in [-0.2, 0) is 25.6 Å². The van der Waals surface area contributed by atoms with Gasteiger partial charge in [-0.25, -0.2) is 9.59 Å².